The van der Waals surface area contributed by atoms with Gasteiger partial charge in [0.2, 0.25) is 0 Å². The summed E-state index contributed by atoms with van der Waals surface area (Å²) in [5, 5.41) is 0. The number of aryl methyl sites for hydroxylation is 1. The molecule has 6 heteroatoms. The number of nitrogens with zero attached hydrogens (tertiary/aromatic N) is 3. The number of imidazole rings is 1. The number of aromatic nitrogens is 2. The molecule has 0 unspecified atom stereocenters. The van der Waals surface area contributed by atoms with Gasteiger partial charge in [0, 0.05) is 28.7 Å². The predicted molar refractivity (Wildman–Crippen MR) is 126 cm³/mol. The Bertz CT molecular complexity index is 1100. The molecule has 31 heavy (non-hydrogen) atoms. The van der Waals surface area contributed by atoms with Gasteiger partial charge < -0.3 is 9.47 Å². The Balaban J connectivity index is 1.73. The Labute approximate surface area is 191 Å². The molecule has 0 spiro atoms. The summed E-state index contributed by atoms with van der Waals surface area (Å²) in [6.45, 7) is 7.27. The van der Waals surface area contributed by atoms with Crippen LogP contribution in [0.1, 0.15) is 67.3 Å². The lowest BCUT2D eigenvalue weighted by molar-refractivity contribution is 0.0715. The third-order valence-electron chi connectivity index (χ3n) is 6.04. The molecule has 1 heterocycles. The second kappa shape index (κ2) is 9.11. The van der Waals surface area contributed by atoms with Gasteiger partial charge in [0.05, 0.1) is 17.6 Å². The fraction of sp³-hybridized carbons (Fsp3) is 0.440. The Morgan fingerprint density at radius 2 is 1.97 bits per heavy atom. The first-order valence-corrected chi connectivity index (χ1v) is 11.8. The average molecular weight is 486 g/mol. The summed E-state index contributed by atoms with van der Waals surface area (Å²) in [5.41, 5.74) is 3.37. The first-order chi connectivity index (χ1) is 14.8. The predicted octanol–water partition coefficient (Wildman–Crippen LogP) is 6.66. The first kappa shape index (κ1) is 22.0. The maximum atomic E-state index is 13.9. The van der Waals surface area contributed by atoms with Gasteiger partial charge in [-0.1, -0.05) is 48.7 Å². The molecule has 4 nitrogen and oxygen atoms in total. The fourth-order valence-corrected chi connectivity index (χ4v) is 4.92. The molecule has 0 N–H and O–H groups in total. The lowest BCUT2D eigenvalue weighted by atomic mass is 10.1. The van der Waals surface area contributed by atoms with Crippen molar-refractivity contribution in [1.29, 1.82) is 0 Å². The van der Waals surface area contributed by atoms with Crippen LogP contribution < -0.4 is 0 Å². The highest BCUT2D eigenvalue weighted by atomic mass is 79.9. The topological polar surface area (TPSA) is 38.1 Å². The van der Waals surface area contributed by atoms with Crippen molar-refractivity contribution < 1.29 is 9.18 Å². The van der Waals surface area contributed by atoms with Crippen LogP contribution in [0.25, 0.3) is 11.0 Å². The van der Waals surface area contributed by atoms with Crippen LogP contribution >= 0.6 is 15.9 Å². The van der Waals surface area contributed by atoms with Crippen molar-refractivity contribution in [3.05, 3.63) is 63.6 Å². The van der Waals surface area contributed by atoms with Gasteiger partial charge in [0.1, 0.15) is 11.6 Å². The second-order valence-electron chi connectivity index (χ2n) is 9.01. The van der Waals surface area contributed by atoms with Crippen molar-refractivity contribution in [2.24, 2.45) is 5.92 Å². The molecule has 1 aliphatic rings. The van der Waals surface area contributed by atoms with E-state index in [0.717, 1.165) is 34.2 Å². The zero-order chi connectivity index (χ0) is 22.1. The van der Waals surface area contributed by atoms with E-state index in [1.807, 2.05) is 36.1 Å². The van der Waals surface area contributed by atoms with Gasteiger partial charge in [-0.05, 0) is 55.5 Å². The Hall–Kier alpha value is -2.21. The minimum Gasteiger partial charge on any atom is -0.331 e. The standard InChI is InChI=1S/C25H29BrFN3O/c1-16(2)14-29(25(31)18-9-8-17(3)21(26)12-18)15-24-28-22-13-19(27)10-11-23(22)30(24)20-6-4-5-7-20/h8-13,16,20H,4-7,14-15H2,1-3H3. The van der Waals surface area contributed by atoms with E-state index >= 15 is 0 Å². The fourth-order valence-electron chi connectivity index (χ4n) is 4.54. The summed E-state index contributed by atoms with van der Waals surface area (Å²) in [7, 11) is 0. The maximum absolute atomic E-state index is 13.9. The summed E-state index contributed by atoms with van der Waals surface area (Å²) in [6, 6.07) is 10.9. The summed E-state index contributed by atoms with van der Waals surface area (Å²) in [5.74, 6) is 0.868. The largest absolute Gasteiger partial charge is 0.331 e. The van der Waals surface area contributed by atoms with Gasteiger partial charge in [-0.2, -0.15) is 0 Å². The Morgan fingerprint density at radius 1 is 1.23 bits per heavy atom. The molecule has 1 aromatic heterocycles. The molecular weight excluding hydrogens is 457 g/mol. The van der Waals surface area contributed by atoms with Gasteiger partial charge in [0.15, 0.2) is 0 Å². The Morgan fingerprint density at radius 3 is 2.65 bits per heavy atom. The molecule has 1 fully saturated rings. The Kier molecular flexibility index (Phi) is 6.47. The third-order valence-corrected chi connectivity index (χ3v) is 6.89. The van der Waals surface area contributed by atoms with Gasteiger partial charge >= 0.3 is 0 Å². The second-order valence-corrected chi connectivity index (χ2v) is 9.87. The normalized spacial score (nSPS) is 14.6. The molecule has 4 rings (SSSR count). The highest BCUT2D eigenvalue weighted by molar-refractivity contribution is 9.10. The van der Waals surface area contributed by atoms with E-state index in [2.05, 4.69) is 34.3 Å². The number of carbonyl (C=O) groups excluding carboxylic acids is 1. The van der Waals surface area contributed by atoms with Crippen molar-refractivity contribution in [2.75, 3.05) is 6.54 Å². The van der Waals surface area contributed by atoms with Crippen LogP contribution in [0.2, 0.25) is 0 Å². The van der Waals surface area contributed by atoms with Crippen molar-refractivity contribution in [1.82, 2.24) is 14.5 Å². The van der Waals surface area contributed by atoms with Crippen molar-refractivity contribution in [2.45, 2.75) is 59.0 Å². The quantitative estimate of drug-likeness (QED) is 0.391. The zero-order valence-electron chi connectivity index (χ0n) is 18.4. The summed E-state index contributed by atoms with van der Waals surface area (Å²) >= 11 is 3.54. The van der Waals surface area contributed by atoms with E-state index in [-0.39, 0.29) is 11.7 Å². The number of hydrogen-bond acceptors (Lipinski definition) is 2. The van der Waals surface area contributed by atoms with Crippen LogP contribution in [0, 0.1) is 18.7 Å². The van der Waals surface area contributed by atoms with E-state index in [1.54, 1.807) is 0 Å². The van der Waals surface area contributed by atoms with Crippen LogP contribution in [0.3, 0.4) is 0 Å². The minimum atomic E-state index is -0.283. The summed E-state index contributed by atoms with van der Waals surface area (Å²) < 4.78 is 17.1. The van der Waals surface area contributed by atoms with Crippen molar-refractivity contribution in [3.8, 4) is 0 Å². The number of fused-ring (bicyclic) bond motifs is 1. The number of amides is 1. The van der Waals surface area contributed by atoms with E-state index in [4.69, 9.17) is 4.98 Å². The smallest absolute Gasteiger partial charge is 0.254 e. The molecule has 3 aromatic rings. The molecule has 0 bridgehead atoms. The molecule has 1 amide bonds. The van der Waals surface area contributed by atoms with Crippen molar-refractivity contribution >= 4 is 32.9 Å². The van der Waals surface area contributed by atoms with E-state index in [1.165, 1.54) is 25.0 Å². The summed E-state index contributed by atoms with van der Waals surface area (Å²) in [6.07, 6.45) is 4.58. The molecule has 2 aromatic carbocycles. The van der Waals surface area contributed by atoms with Crippen LogP contribution in [0.5, 0.6) is 0 Å². The number of rotatable bonds is 6. The summed E-state index contributed by atoms with van der Waals surface area (Å²) in [4.78, 5) is 20.1. The van der Waals surface area contributed by atoms with Gasteiger partial charge in [-0.25, -0.2) is 9.37 Å². The number of hydrogen-bond donors (Lipinski definition) is 0. The molecule has 1 saturated carbocycles. The minimum absolute atomic E-state index is 0.00870. The molecular formula is C25H29BrFN3O. The first-order valence-electron chi connectivity index (χ1n) is 11.0. The zero-order valence-corrected chi connectivity index (χ0v) is 20.0. The van der Waals surface area contributed by atoms with E-state index in [0.29, 0.717) is 36.1 Å². The molecule has 0 radical (unpaired) electrons. The molecule has 1 aliphatic carbocycles. The maximum Gasteiger partial charge on any atom is 0.254 e. The highest BCUT2D eigenvalue weighted by Gasteiger charge is 2.26. The van der Waals surface area contributed by atoms with E-state index in [9.17, 15) is 9.18 Å². The molecule has 164 valence electrons. The number of halogens is 2. The number of carbonyl (C=O) groups is 1. The lowest BCUT2D eigenvalue weighted by Crippen LogP contribution is -2.35. The van der Waals surface area contributed by atoms with E-state index < -0.39 is 0 Å². The lowest BCUT2D eigenvalue weighted by Gasteiger charge is -2.26. The van der Waals surface area contributed by atoms with Gasteiger partial charge in [-0.15, -0.1) is 0 Å². The van der Waals surface area contributed by atoms with Crippen LogP contribution in [0.15, 0.2) is 40.9 Å². The molecule has 0 atom stereocenters. The highest BCUT2D eigenvalue weighted by Crippen LogP contribution is 2.34. The third kappa shape index (κ3) is 4.69. The van der Waals surface area contributed by atoms with Gasteiger partial charge in [-0.3, -0.25) is 4.79 Å². The van der Waals surface area contributed by atoms with Crippen LogP contribution in [-0.2, 0) is 6.54 Å². The molecule has 0 saturated heterocycles. The monoisotopic (exact) mass is 485 g/mol. The SMILES string of the molecule is Cc1ccc(C(=O)N(Cc2nc3cc(F)ccc3n2C2CCCC2)CC(C)C)cc1Br. The van der Waals surface area contributed by atoms with Gasteiger partial charge in [0.25, 0.3) is 5.91 Å². The molecule has 0 aliphatic heterocycles. The van der Waals surface area contributed by atoms with Crippen LogP contribution in [0.4, 0.5) is 4.39 Å². The number of benzene rings is 2. The van der Waals surface area contributed by atoms with Crippen molar-refractivity contribution in [3.63, 3.8) is 0 Å². The average Bonchev–Trinajstić information content (AvgIpc) is 3.35. The van der Waals surface area contributed by atoms with Crippen LogP contribution in [-0.4, -0.2) is 26.9 Å².